The summed E-state index contributed by atoms with van der Waals surface area (Å²) in [6.45, 7) is 0. The molecular formula is C23H14BrF6N7O2. The van der Waals surface area contributed by atoms with Gasteiger partial charge in [-0.25, -0.2) is 14.7 Å². The Hall–Kier alpha value is -4.56. The van der Waals surface area contributed by atoms with Crippen LogP contribution in [-0.4, -0.2) is 32.7 Å². The number of rotatable bonds is 4. The molecule has 9 nitrogen and oxygen atoms in total. The van der Waals surface area contributed by atoms with Gasteiger partial charge in [0.1, 0.15) is 0 Å². The molecule has 16 heteroatoms. The lowest BCUT2D eigenvalue weighted by atomic mass is 10.1. The number of hydrogen-bond donors (Lipinski definition) is 2. The molecule has 0 unspecified atom stereocenters. The highest BCUT2D eigenvalue weighted by molar-refractivity contribution is 9.10. The van der Waals surface area contributed by atoms with Gasteiger partial charge in [-0.3, -0.25) is 4.90 Å². The van der Waals surface area contributed by atoms with E-state index in [4.69, 9.17) is 5.73 Å². The lowest BCUT2D eigenvalue weighted by Crippen LogP contribution is -2.32. The van der Waals surface area contributed by atoms with Crippen molar-refractivity contribution >= 4 is 45.1 Å². The molecule has 0 atom stereocenters. The number of H-pyrrole nitrogens is 1. The van der Waals surface area contributed by atoms with Gasteiger partial charge in [0.15, 0.2) is 5.82 Å². The van der Waals surface area contributed by atoms with Gasteiger partial charge >= 0.3 is 18.4 Å². The fourth-order valence-electron chi connectivity index (χ4n) is 3.18. The first-order chi connectivity index (χ1) is 18.3. The average molecular weight is 614 g/mol. The summed E-state index contributed by atoms with van der Waals surface area (Å²) < 4.78 is 75.9. The zero-order chi connectivity index (χ0) is 28.8. The van der Waals surface area contributed by atoms with Crippen molar-refractivity contribution in [3.05, 3.63) is 82.3 Å². The van der Waals surface area contributed by atoms with E-state index in [2.05, 4.69) is 41.5 Å². The number of alkyl halides is 6. The summed E-state index contributed by atoms with van der Waals surface area (Å²) in [6, 6.07) is 12.3. The van der Waals surface area contributed by atoms with Crippen LogP contribution in [0.2, 0.25) is 0 Å². The van der Waals surface area contributed by atoms with Crippen molar-refractivity contribution < 1.29 is 35.9 Å². The van der Waals surface area contributed by atoms with Gasteiger partial charge in [-0.15, -0.1) is 5.10 Å². The molecule has 1 heterocycles. The third-order valence-electron chi connectivity index (χ3n) is 4.80. The third-order valence-corrected chi connectivity index (χ3v) is 5.29. The molecule has 202 valence electrons. The number of nitrogens with zero attached hydrogens (tertiary/aromatic N) is 5. The molecule has 0 aliphatic carbocycles. The van der Waals surface area contributed by atoms with Gasteiger partial charge in [0, 0.05) is 10.0 Å². The van der Waals surface area contributed by atoms with Crippen LogP contribution in [0.3, 0.4) is 0 Å². The Morgan fingerprint density at radius 1 is 0.949 bits per heavy atom. The van der Waals surface area contributed by atoms with Crippen molar-refractivity contribution in [2.45, 2.75) is 12.4 Å². The predicted molar refractivity (Wildman–Crippen MR) is 130 cm³/mol. The first-order valence-electron chi connectivity index (χ1n) is 10.4. The van der Waals surface area contributed by atoms with Crippen LogP contribution >= 0.6 is 15.9 Å². The molecule has 0 spiro atoms. The number of aromatic nitrogens is 4. The van der Waals surface area contributed by atoms with E-state index in [9.17, 15) is 35.9 Å². The summed E-state index contributed by atoms with van der Waals surface area (Å²) in [5, 5.41) is 13.3. The molecule has 0 saturated carbocycles. The lowest BCUT2D eigenvalue weighted by molar-refractivity contribution is -0.138. The van der Waals surface area contributed by atoms with Gasteiger partial charge in [-0.2, -0.15) is 31.3 Å². The second-order valence-electron chi connectivity index (χ2n) is 7.38. The van der Waals surface area contributed by atoms with E-state index in [1.165, 1.54) is 36.4 Å². The minimum atomic E-state index is -4.56. The number of primary amides is 1. The maximum Gasteiger partial charge on any atom is 0.416 e. The Labute approximate surface area is 223 Å². The summed E-state index contributed by atoms with van der Waals surface area (Å²) in [6.07, 6.45) is -7.80. The molecule has 3 aromatic carbocycles. The van der Waals surface area contributed by atoms with Crippen molar-refractivity contribution in [3.63, 3.8) is 0 Å². The van der Waals surface area contributed by atoms with Gasteiger partial charge in [-0.05, 0) is 65.0 Å². The maximum atomic E-state index is 13.0. The minimum absolute atomic E-state index is 0.0385. The molecule has 0 bridgehead atoms. The van der Waals surface area contributed by atoms with E-state index >= 15 is 0 Å². The number of halogens is 7. The zero-order valence-electron chi connectivity index (χ0n) is 19.1. The summed E-state index contributed by atoms with van der Waals surface area (Å²) in [5.41, 5.74) is 4.23. The number of carbonyl (C=O) groups is 1. The fraction of sp³-hybridized carbons (Fsp3) is 0.0870. The monoisotopic (exact) mass is 613 g/mol. The van der Waals surface area contributed by atoms with E-state index in [0.29, 0.717) is 10.0 Å². The first kappa shape index (κ1) is 29.0. The molecule has 0 saturated heterocycles. The second-order valence-corrected chi connectivity index (χ2v) is 8.30. The Morgan fingerprint density at radius 2 is 1.59 bits per heavy atom. The van der Waals surface area contributed by atoms with Crippen LogP contribution in [0.1, 0.15) is 11.1 Å². The highest BCUT2D eigenvalue weighted by Crippen LogP contribution is 2.38. The van der Waals surface area contributed by atoms with Gasteiger partial charge in [-0.1, -0.05) is 28.1 Å². The van der Waals surface area contributed by atoms with Gasteiger partial charge < -0.3 is 5.73 Å². The molecule has 2 amide bonds. The van der Waals surface area contributed by atoms with Gasteiger partial charge in [0.05, 0.1) is 28.2 Å². The summed E-state index contributed by atoms with van der Waals surface area (Å²) in [4.78, 5) is 25.9. The van der Waals surface area contributed by atoms with Crippen LogP contribution in [-0.2, 0) is 17.1 Å². The predicted octanol–water partition coefficient (Wildman–Crippen LogP) is 6.54. The van der Waals surface area contributed by atoms with Crippen molar-refractivity contribution in [1.82, 2.24) is 20.6 Å². The number of nitrogens with one attached hydrogen (secondary N) is 1. The van der Waals surface area contributed by atoms with Crippen LogP contribution in [0, 0.1) is 0 Å². The number of aromatic amines is 1. The van der Waals surface area contributed by atoms with E-state index in [-0.39, 0.29) is 22.9 Å². The van der Waals surface area contributed by atoms with E-state index in [1.54, 1.807) is 12.1 Å². The largest absolute Gasteiger partial charge is 0.416 e. The number of anilines is 2. The Balaban J connectivity index is 0.000000272. The maximum absolute atomic E-state index is 13.0. The standard InChI is InChI=1S/C15H10BrF3N6O.C8H4F3NO/c16-9-4-5-12(11(7-9)13-21-23-24-22-13)25(14(20)26)10-3-1-2-8(6-10)15(17,18)19;9-8(10,11)6-2-1-3-7(4-6)12-5-13/h1-7H,(H2,20,26)(H,21,22,23,24);1-4H. The van der Waals surface area contributed by atoms with Crippen molar-refractivity contribution in [2.24, 2.45) is 10.7 Å². The molecule has 1 aromatic heterocycles. The molecule has 0 aliphatic rings. The summed E-state index contributed by atoms with van der Waals surface area (Å²) in [5.74, 6) is 0.222. The van der Waals surface area contributed by atoms with Crippen LogP contribution < -0.4 is 10.6 Å². The zero-order valence-corrected chi connectivity index (χ0v) is 20.7. The third kappa shape index (κ3) is 7.49. The van der Waals surface area contributed by atoms with Crippen molar-refractivity contribution in [1.29, 1.82) is 0 Å². The first-order valence-corrected chi connectivity index (χ1v) is 11.2. The number of aliphatic imine (C=N–C) groups is 1. The number of nitrogens with two attached hydrogens (primary N) is 1. The lowest BCUT2D eigenvalue weighted by Gasteiger charge is -2.23. The van der Waals surface area contributed by atoms with Crippen LogP contribution in [0.15, 0.2) is 76.2 Å². The Kier molecular flexibility index (Phi) is 8.83. The molecular weight excluding hydrogens is 600 g/mol. The molecule has 4 aromatic rings. The number of tetrazole rings is 1. The molecule has 39 heavy (non-hydrogen) atoms. The number of amides is 2. The number of carbonyl (C=O) groups excluding carboxylic acids is 2. The molecule has 0 radical (unpaired) electrons. The SMILES string of the molecule is NC(=O)N(c1cccc(C(F)(F)F)c1)c1ccc(Br)cc1-c1nnn[nH]1.O=C=Nc1cccc(C(F)(F)F)c1. The highest BCUT2D eigenvalue weighted by Gasteiger charge is 2.32. The Bertz CT molecular complexity index is 1500. The topological polar surface area (TPSA) is 130 Å². The van der Waals surface area contributed by atoms with E-state index in [1.807, 2.05) is 0 Å². The number of hydrogen-bond acceptors (Lipinski definition) is 6. The molecule has 0 fully saturated rings. The van der Waals surface area contributed by atoms with Crippen LogP contribution in [0.4, 0.5) is 48.2 Å². The van der Waals surface area contributed by atoms with Crippen LogP contribution in [0.5, 0.6) is 0 Å². The molecule has 0 aliphatic heterocycles. The highest BCUT2D eigenvalue weighted by atomic mass is 79.9. The fourth-order valence-corrected chi connectivity index (χ4v) is 3.54. The van der Waals surface area contributed by atoms with Gasteiger partial charge in [0.25, 0.3) is 0 Å². The van der Waals surface area contributed by atoms with E-state index < -0.39 is 29.5 Å². The summed E-state index contributed by atoms with van der Waals surface area (Å²) >= 11 is 3.30. The van der Waals surface area contributed by atoms with Crippen molar-refractivity contribution in [3.8, 4) is 11.4 Å². The normalized spacial score (nSPS) is 11.2. The quantitative estimate of drug-likeness (QED) is 0.153. The smallest absolute Gasteiger partial charge is 0.351 e. The number of urea groups is 1. The molecule has 4 rings (SSSR count). The number of benzene rings is 3. The molecule has 3 N–H and O–H groups in total. The summed E-state index contributed by atoms with van der Waals surface area (Å²) in [7, 11) is 0. The van der Waals surface area contributed by atoms with Crippen LogP contribution in [0.25, 0.3) is 11.4 Å². The van der Waals surface area contributed by atoms with Gasteiger partial charge in [0.2, 0.25) is 6.08 Å². The minimum Gasteiger partial charge on any atom is -0.351 e. The van der Waals surface area contributed by atoms with Crippen molar-refractivity contribution in [2.75, 3.05) is 4.90 Å². The number of isocyanates is 1. The Morgan fingerprint density at radius 3 is 2.15 bits per heavy atom. The second kappa shape index (κ2) is 11.9. The average Bonchev–Trinajstić information content (AvgIpc) is 3.40. The van der Waals surface area contributed by atoms with E-state index in [0.717, 1.165) is 29.2 Å².